The zero-order chi connectivity index (χ0) is 19.7. The number of hydrogen-bond acceptors (Lipinski definition) is 9. The molecule has 9 nitrogen and oxygen atoms in total. The van der Waals surface area contributed by atoms with Crippen molar-refractivity contribution in [3.8, 4) is 17.2 Å². The third-order valence-electron chi connectivity index (χ3n) is 3.22. The summed E-state index contributed by atoms with van der Waals surface area (Å²) in [5.41, 5.74) is 0.469. The second kappa shape index (κ2) is 9.92. The van der Waals surface area contributed by atoms with Crippen molar-refractivity contribution < 1.29 is 43.2 Å². The summed E-state index contributed by atoms with van der Waals surface area (Å²) in [7, 11) is 4.98. The molecule has 0 spiro atoms. The van der Waals surface area contributed by atoms with Crippen LogP contribution in [-0.4, -0.2) is 57.6 Å². The third kappa shape index (κ3) is 5.69. The van der Waals surface area contributed by atoms with Gasteiger partial charge in [0.1, 0.15) is 0 Å². The van der Waals surface area contributed by atoms with E-state index in [4.69, 9.17) is 14.2 Å². The molecule has 0 aromatic heterocycles. The highest BCUT2D eigenvalue weighted by molar-refractivity contribution is 5.90. The summed E-state index contributed by atoms with van der Waals surface area (Å²) in [4.78, 5) is 34.8. The van der Waals surface area contributed by atoms with Crippen molar-refractivity contribution in [1.82, 2.24) is 0 Å². The van der Waals surface area contributed by atoms with Crippen LogP contribution in [0.5, 0.6) is 17.2 Å². The minimum Gasteiger partial charge on any atom is -0.502 e. The molecule has 26 heavy (non-hydrogen) atoms. The van der Waals surface area contributed by atoms with E-state index in [9.17, 15) is 19.5 Å². The molecule has 1 N–H and O–H groups in total. The lowest BCUT2D eigenvalue weighted by Gasteiger charge is -2.13. The molecule has 9 heteroatoms. The number of ether oxygens (including phenoxy) is 5. The number of benzene rings is 1. The number of phenolic OH excluding ortho intramolecular Hbond substituents is 1. The molecule has 0 amide bonds. The topological polar surface area (TPSA) is 118 Å². The average molecular weight is 368 g/mol. The maximum atomic E-state index is 11.9. The van der Waals surface area contributed by atoms with Gasteiger partial charge in [0, 0.05) is 6.08 Å². The summed E-state index contributed by atoms with van der Waals surface area (Å²) in [5.74, 6) is -2.38. The first-order valence-electron chi connectivity index (χ1n) is 7.34. The lowest BCUT2D eigenvalue weighted by Crippen LogP contribution is -2.30. The summed E-state index contributed by atoms with van der Waals surface area (Å²) < 4.78 is 23.9. The SMILES string of the molecule is COC(=O)C[C@@H](OC(=O)C=Cc1cc(OC)c(O)c(OC)c1)C(=O)OC. The molecule has 0 radical (unpaired) electrons. The largest absolute Gasteiger partial charge is 0.502 e. The maximum absolute atomic E-state index is 11.9. The number of esters is 3. The van der Waals surface area contributed by atoms with Crippen LogP contribution < -0.4 is 9.47 Å². The Morgan fingerprint density at radius 3 is 2.08 bits per heavy atom. The number of phenols is 1. The quantitative estimate of drug-likeness (QED) is 0.408. The lowest BCUT2D eigenvalue weighted by molar-refractivity contribution is -0.167. The van der Waals surface area contributed by atoms with E-state index in [2.05, 4.69) is 9.47 Å². The first kappa shape index (κ1) is 20.8. The summed E-state index contributed by atoms with van der Waals surface area (Å²) in [6.45, 7) is 0. The molecule has 1 atom stereocenters. The van der Waals surface area contributed by atoms with Crippen molar-refractivity contribution in [2.24, 2.45) is 0 Å². The van der Waals surface area contributed by atoms with Gasteiger partial charge in [0.15, 0.2) is 11.5 Å². The molecule has 1 aromatic rings. The minimum absolute atomic E-state index is 0.149. The number of carbonyl (C=O) groups excluding carboxylic acids is 3. The zero-order valence-corrected chi connectivity index (χ0v) is 14.8. The van der Waals surface area contributed by atoms with Gasteiger partial charge in [-0.25, -0.2) is 9.59 Å². The van der Waals surface area contributed by atoms with Crippen LogP contribution in [0.2, 0.25) is 0 Å². The molecule has 0 aliphatic rings. The molecule has 0 saturated carbocycles. The molecule has 0 aliphatic heterocycles. The monoisotopic (exact) mass is 368 g/mol. The molecule has 0 bridgehead atoms. The molecule has 0 heterocycles. The van der Waals surface area contributed by atoms with Crippen LogP contribution in [0.1, 0.15) is 12.0 Å². The van der Waals surface area contributed by atoms with Gasteiger partial charge >= 0.3 is 17.9 Å². The summed E-state index contributed by atoms with van der Waals surface area (Å²) in [6, 6.07) is 2.93. The van der Waals surface area contributed by atoms with E-state index in [0.29, 0.717) is 5.56 Å². The van der Waals surface area contributed by atoms with Crippen molar-refractivity contribution in [3.63, 3.8) is 0 Å². The van der Waals surface area contributed by atoms with Gasteiger partial charge in [0.05, 0.1) is 34.9 Å². The maximum Gasteiger partial charge on any atom is 0.347 e. The third-order valence-corrected chi connectivity index (χ3v) is 3.22. The van der Waals surface area contributed by atoms with Crippen molar-refractivity contribution >= 4 is 24.0 Å². The van der Waals surface area contributed by atoms with Crippen LogP contribution in [0, 0.1) is 0 Å². The van der Waals surface area contributed by atoms with Crippen LogP contribution in [-0.2, 0) is 28.6 Å². The molecular formula is C17H20O9. The normalized spacial score (nSPS) is 11.5. The van der Waals surface area contributed by atoms with Gasteiger partial charge in [-0.1, -0.05) is 0 Å². The van der Waals surface area contributed by atoms with E-state index in [1.165, 1.54) is 32.4 Å². The molecule has 142 valence electrons. The number of methoxy groups -OCH3 is 4. The van der Waals surface area contributed by atoms with Gasteiger partial charge in [-0.15, -0.1) is 0 Å². The van der Waals surface area contributed by atoms with E-state index in [-0.39, 0.29) is 17.2 Å². The van der Waals surface area contributed by atoms with E-state index in [0.717, 1.165) is 20.3 Å². The number of hydrogen-bond donors (Lipinski definition) is 1. The number of carbonyl (C=O) groups is 3. The Bertz CT molecular complexity index is 668. The summed E-state index contributed by atoms with van der Waals surface area (Å²) >= 11 is 0. The Hall–Kier alpha value is -3.23. The fraction of sp³-hybridized carbons (Fsp3) is 0.353. The van der Waals surface area contributed by atoms with Gasteiger partial charge < -0.3 is 28.8 Å². The van der Waals surface area contributed by atoms with Crippen LogP contribution in [0.4, 0.5) is 0 Å². The highest BCUT2D eigenvalue weighted by atomic mass is 16.6. The van der Waals surface area contributed by atoms with Gasteiger partial charge in [-0.05, 0) is 23.8 Å². The van der Waals surface area contributed by atoms with Crippen LogP contribution in [0.3, 0.4) is 0 Å². The van der Waals surface area contributed by atoms with Gasteiger partial charge in [0.25, 0.3) is 0 Å². The van der Waals surface area contributed by atoms with Crippen molar-refractivity contribution in [2.75, 3.05) is 28.4 Å². The zero-order valence-electron chi connectivity index (χ0n) is 14.8. The molecule has 0 aliphatic carbocycles. The Morgan fingerprint density at radius 1 is 1.04 bits per heavy atom. The standard InChI is InChI=1S/C17H20O9/c1-22-11-7-10(8-12(23-2)16(11)20)5-6-14(18)26-13(17(21)25-4)9-15(19)24-3/h5-8,13,20H,9H2,1-4H3/t13-/m1/s1. The Labute approximate surface area is 150 Å². The molecular weight excluding hydrogens is 348 g/mol. The van der Waals surface area contributed by atoms with E-state index in [1.807, 2.05) is 0 Å². The smallest absolute Gasteiger partial charge is 0.347 e. The summed E-state index contributed by atoms with van der Waals surface area (Å²) in [6.07, 6.45) is 0.509. The van der Waals surface area contributed by atoms with Crippen LogP contribution in [0.25, 0.3) is 6.08 Å². The van der Waals surface area contributed by atoms with Gasteiger partial charge in [0.2, 0.25) is 11.9 Å². The summed E-state index contributed by atoms with van der Waals surface area (Å²) in [5, 5.41) is 9.84. The van der Waals surface area contributed by atoms with Crippen LogP contribution >= 0.6 is 0 Å². The fourth-order valence-electron chi connectivity index (χ4n) is 1.89. The highest BCUT2D eigenvalue weighted by Gasteiger charge is 2.26. The minimum atomic E-state index is -1.42. The van der Waals surface area contributed by atoms with Crippen molar-refractivity contribution in [2.45, 2.75) is 12.5 Å². The lowest BCUT2D eigenvalue weighted by atomic mass is 10.1. The van der Waals surface area contributed by atoms with Crippen LogP contribution in [0.15, 0.2) is 18.2 Å². The van der Waals surface area contributed by atoms with Gasteiger partial charge in [-0.3, -0.25) is 4.79 Å². The second-order valence-corrected chi connectivity index (χ2v) is 4.84. The Kier molecular flexibility index (Phi) is 7.94. The number of rotatable bonds is 8. The molecule has 1 rings (SSSR count). The van der Waals surface area contributed by atoms with E-state index in [1.54, 1.807) is 0 Å². The van der Waals surface area contributed by atoms with E-state index >= 15 is 0 Å². The molecule has 0 saturated heterocycles. The number of aromatic hydroxyl groups is 1. The first-order chi connectivity index (χ1) is 12.4. The Morgan fingerprint density at radius 2 is 1.62 bits per heavy atom. The molecule has 0 unspecified atom stereocenters. The predicted octanol–water partition coefficient (Wildman–Crippen LogP) is 1.07. The average Bonchev–Trinajstić information content (AvgIpc) is 2.65. The second-order valence-electron chi connectivity index (χ2n) is 4.84. The fourth-order valence-corrected chi connectivity index (χ4v) is 1.89. The van der Waals surface area contributed by atoms with E-state index < -0.39 is 30.4 Å². The van der Waals surface area contributed by atoms with Crippen molar-refractivity contribution in [3.05, 3.63) is 23.8 Å². The first-order valence-corrected chi connectivity index (χ1v) is 7.34. The van der Waals surface area contributed by atoms with Gasteiger partial charge in [-0.2, -0.15) is 0 Å². The molecule has 1 aromatic carbocycles. The Balaban J connectivity index is 2.91. The predicted molar refractivity (Wildman–Crippen MR) is 88.8 cm³/mol. The highest BCUT2D eigenvalue weighted by Crippen LogP contribution is 2.37. The molecule has 0 fully saturated rings. The van der Waals surface area contributed by atoms with Crippen molar-refractivity contribution in [1.29, 1.82) is 0 Å².